The van der Waals surface area contributed by atoms with Crippen LogP contribution in [0.1, 0.15) is 20.3 Å². The molecule has 1 aromatic heterocycles. The second-order valence-corrected chi connectivity index (χ2v) is 4.56. The second kappa shape index (κ2) is 8.15. The number of amides is 1. The third-order valence-corrected chi connectivity index (χ3v) is 2.92. The normalized spacial score (nSPS) is 11.3. The summed E-state index contributed by atoms with van der Waals surface area (Å²) in [6.07, 6.45) is 3.18. The lowest BCUT2D eigenvalue weighted by Crippen LogP contribution is -2.32. The zero-order valence-corrected chi connectivity index (χ0v) is 13.3. The van der Waals surface area contributed by atoms with Crippen LogP contribution in [0.25, 0.3) is 10.9 Å². The number of carbonyl (C=O) groups excluding carboxylic acids is 1. The van der Waals surface area contributed by atoms with E-state index in [2.05, 4.69) is 29.1 Å². The van der Waals surface area contributed by atoms with E-state index in [0.717, 1.165) is 24.0 Å². The van der Waals surface area contributed by atoms with Crippen molar-refractivity contribution in [2.45, 2.75) is 32.9 Å². The van der Waals surface area contributed by atoms with Gasteiger partial charge in [0.25, 0.3) is 0 Å². The maximum absolute atomic E-state index is 11.5. The fourth-order valence-corrected chi connectivity index (χ4v) is 1.97. The van der Waals surface area contributed by atoms with Crippen molar-refractivity contribution in [1.82, 2.24) is 4.57 Å². The summed E-state index contributed by atoms with van der Waals surface area (Å²) in [6.45, 7) is 4.84. The Hall–Kier alpha value is -1.23. The first-order valence-corrected chi connectivity index (χ1v) is 6.27. The molecule has 0 bridgehead atoms. The summed E-state index contributed by atoms with van der Waals surface area (Å²) < 4.78 is 2.21. The van der Waals surface area contributed by atoms with Crippen LogP contribution in [0.3, 0.4) is 0 Å². The van der Waals surface area contributed by atoms with Crippen molar-refractivity contribution in [3.63, 3.8) is 0 Å². The number of nitrogens with two attached hydrogens (primary N) is 1. The average molecular weight is 318 g/mol. The summed E-state index contributed by atoms with van der Waals surface area (Å²) >= 11 is 0. The fourth-order valence-electron chi connectivity index (χ4n) is 1.97. The van der Waals surface area contributed by atoms with Gasteiger partial charge in [-0.1, -0.05) is 6.92 Å². The van der Waals surface area contributed by atoms with Crippen molar-refractivity contribution in [2.24, 2.45) is 5.73 Å². The Balaban J connectivity index is 0.00000180. The number of nitrogens with one attached hydrogen (secondary N) is 1. The van der Waals surface area contributed by atoms with E-state index in [-0.39, 0.29) is 30.7 Å². The standard InChI is InChI=1S/C14H19N3O.2ClH/c1-3-7-17-8-6-11-9-12(4-5-13(11)17)16-14(18)10(2)15;;/h4-6,8-10H,3,7,15H2,1-2H3,(H,16,18);2*1H/t10-;;/m1../s1. The minimum absolute atomic E-state index is 0. The minimum Gasteiger partial charge on any atom is -0.347 e. The third-order valence-electron chi connectivity index (χ3n) is 2.92. The lowest BCUT2D eigenvalue weighted by molar-refractivity contribution is -0.117. The van der Waals surface area contributed by atoms with Gasteiger partial charge in [0.05, 0.1) is 6.04 Å². The van der Waals surface area contributed by atoms with Crippen molar-refractivity contribution in [3.05, 3.63) is 30.5 Å². The Morgan fingerprint density at radius 1 is 1.35 bits per heavy atom. The molecule has 1 heterocycles. The largest absolute Gasteiger partial charge is 0.347 e. The molecule has 0 fully saturated rings. The minimum atomic E-state index is -0.495. The van der Waals surface area contributed by atoms with Crippen molar-refractivity contribution in [3.8, 4) is 0 Å². The Morgan fingerprint density at radius 3 is 2.65 bits per heavy atom. The monoisotopic (exact) mass is 317 g/mol. The smallest absolute Gasteiger partial charge is 0.240 e. The number of hydrogen-bond donors (Lipinski definition) is 2. The highest BCUT2D eigenvalue weighted by Crippen LogP contribution is 2.20. The van der Waals surface area contributed by atoms with Crippen LogP contribution in [0.2, 0.25) is 0 Å². The first-order valence-electron chi connectivity index (χ1n) is 6.27. The molecule has 0 spiro atoms. The molecule has 1 aromatic carbocycles. The maximum atomic E-state index is 11.5. The number of halogens is 2. The van der Waals surface area contributed by atoms with Crippen LogP contribution in [0, 0.1) is 0 Å². The number of aryl methyl sites for hydroxylation is 1. The van der Waals surface area contributed by atoms with Crippen molar-refractivity contribution in [1.29, 1.82) is 0 Å². The number of benzene rings is 1. The number of aromatic nitrogens is 1. The molecule has 0 aliphatic rings. The van der Waals surface area contributed by atoms with Gasteiger partial charge in [0.1, 0.15) is 0 Å². The number of anilines is 1. The van der Waals surface area contributed by atoms with Crippen LogP contribution >= 0.6 is 24.8 Å². The fraction of sp³-hybridized carbons (Fsp3) is 0.357. The van der Waals surface area contributed by atoms with Crippen LogP contribution in [0.15, 0.2) is 30.5 Å². The molecule has 0 saturated heterocycles. The van der Waals surface area contributed by atoms with Crippen molar-refractivity contribution < 1.29 is 4.79 Å². The van der Waals surface area contributed by atoms with E-state index in [1.54, 1.807) is 6.92 Å². The van der Waals surface area contributed by atoms with Gasteiger partial charge < -0.3 is 15.6 Å². The van der Waals surface area contributed by atoms with Crippen LogP contribution in [0.4, 0.5) is 5.69 Å². The highest BCUT2D eigenvalue weighted by Gasteiger charge is 2.08. The van der Waals surface area contributed by atoms with Crippen LogP contribution < -0.4 is 11.1 Å². The van der Waals surface area contributed by atoms with Crippen LogP contribution in [0.5, 0.6) is 0 Å². The van der Waals surface area contributed by atoms with E-state index >= 15 is 0 Å². The number of nitrogens with zero attached hydrogens (tertiary/aromatic N) is 1. The summed E-state index contributed by atoms with van der Waals surface area (Å²) in [7, 11) is 0. The Morgan fingerprint density at radius 2 is 2.05 bits per heavy atom. The van der Waals surface area contributed by atoms with Gasteiger partial charge in [-0.2, -0.15) is 0 Å². The zero-order chi connectivity index (χ0) is 13.1. The average Bonchev–Trinajstić information content (AvgIpc) is 2.72. The van der Waals surface area contributed by atoms with Gasteiger partial charge in [-0.3, -0.25) is 4.79 Å². The van der Waals surface area contributed by atoms with Gasteiger partial charge in [0, 0.05) is 29.3 Å². The molecular weight excluding hydrogens is 297 g/mol. The summed E-state index contributed by atoms with van der Waals surface area (Å²) in [6, 6.07) is 7.48. The van der Waals surface area contributed by atoms with E-state index in [9.17, 15) is 4.79 Å². The lowest BCUT2D eigenvalue weighted by Gasteiger charge is -2.08. The number of carbonyl (C=O) groups is 1. The molecule has 3 N–H and O–H groups in total. The predicted octanol–water partition coefficient (Wildman–Crippen LogP) is 3.18. The molecule has 1 amide bonds. The number of fused-ring (bicyclic) bond motifs is 1. The van der Waals surface area contributed by atoms with E-state index in [1.807, 2.05) is 18.2 Å². The highest BCUT2D eigenvalue weighted by molar-refractivity contribution is 5.96. The molecule has 2 rings (SSSR count). The Kier molecular flexibility index (Phi) is 7.64. The Labute approximate surface area is 131 Å². The van der Waals surface area contributed by atoms with Gasteiger partial charge >= 0.3 is 0 Å². The van der Waals surface area contributed by atoms with Crippen molar-refractivity contribution in [2.75, 3.05) is 5.32 Å². The first kappa shape index (κ1) is 18.8. The molecule has 0 aliphatic carbocycles. The van der Waals surface area contributed by atoms with E-state index < -0.39 is 6.04 Å². The Bertz CT molecular complexity index is 567. The van der Waals surface area contributed by atoms with Gasteiger partial charge in [-0.25, -0.2) is 0 Å². The molecule has 1 atom stereocenters. The predicted molar refractivity (Wildman–Crippen MR) is 89.0 cm³/mol. The summed E-state index contributed by atoms with van der Waals surface area (Å²) in [5, 5.41) is 3.93. The van der Waals surface area contributed by atoms with Gasteiger partial charge in [-0.15, -0.1) is 24.8 Å². The SMILES string of the molecule is CCCn1ccc2cc(NC(=O)[C@@H](C)N)ccc21.Cl.Cl. The summed E-state index contributed by atoms with van der Waals surface area (Å²) in [5.74, 6) is -0.164. The molecule has 0 aliphatic heterocycles. The molecule has 4 nitrogen and oxygen atoms in total. The third kappa shape index (κ3) is 4.13. The maximum Gasteiger partial charge on any atom is 0.240 e. The van der Waals surface area contributed by atoms with Crippen molar-refractivity contribution >= 4 is 47.3 Å². The molecule has 0 unspecified atom stereocenters. The van der Waals surface area contributed by atoms with Crippen LogP contribution in [-0.4, -0.2) is 16.5 Å². The molecule has 6 heteroatoms. The van der Waals surface area contributed by atoms with Crippen LogP contribution in [-0.2, 0) is 11.3 Å². The van der Waals surface area contributed by atoms with Gasteiger partial charge in [0.15, 0.2) is 0 Å². The number of rotatable bonds is 4. The molecule has 0 radical (unpaired) electrons. The second-order valence-electron chi connectivity index (χ2n) is 4.56. The molecule has 112 valence electrons. The quantitative estimate of drug-likeness (QED) is 0.909. The molecule has 20 heavy (non-hydrogen) atoms. The van der Waals surface area contributed by atoms with E-state index in [4.69, 9.17) is 5.73 Å². The topological polar surface area (TPSA) is 60.0 Å². The van der Waals surface area contributed by atoms with E-state index in [0.29, 0.717) is 0 Å². The van der Waals surface area contributed by atoms with Gasteiger partial charge in [0.2, 0.25) is 5.91 Å². The molecule has 0 saturated carbocycles. The first-order chi connectivity index (χ1) is 8.61. The summed E-state index contributed by atoms with van der Waals surface area (Å²) in [5.41, 5.74) is 7.51. The number of hydrogen-bond acceptors (Lipinski definition) is 2. The lowest BCUT2D eigenvalue weighted by atomic mass is 10.2. The zero-order valence-electron chi connectivity index (χ0n) is 11.6. The summed E-state index contributed by atoms with van der Waals surface area (Å²) in [4.78, 5) is 11.5. The highest BCUT2D eigenvalue weighted by atomic mass is 35.5. The molecular formula is C14H21Cl2N3O. The van der Waals surface area contributed by atoms with Gasteiger partial charge in [-0.05, 0) is 37.6 Å². The van der Waals surface area contributed by atoms with E-state index in [1.165, 1.54) is 5.52 Å². The molecule has 2 aromatic rings.